The van der Waals surface area contributed by atoms with E-state index in [4.69, 9.17) is 0 Å². The summed E-state index contributed by atoms with van der Waals surface area (Å²) in [5, 5.41) is 2.94. The van der Waals surface area contributed by atoms with Crippen LogP contribution in [0.5, 0.6) is 0 Å². The molecule has 86 valence electrons. The minimum absolute atomic E-state index is 0.0849. The second-order valence-corrected chi connectivity index (χ2v) is 4.87. The Hall–Kier alpha value is -0.710. The molecule has 0 aliphatic heterocycles. The number of rotatable bonds is 6. The number of carbonyl (C=O) groups excluding carboxylic acids is 2. The molecule has 5 heteroatoms. The molecule has 15 heavy (non-hydrogen) atoms. The SMILES string of the molecule is COC(=O)CSCCC(=O)N[C@@H]1C[C@@H]1C. The molecule has 1 N–H and O–H groups in total. The van der Waals surface area contributed by atoms with Crippen LogP contribution in [0.25, 0.3) is 0 Å². The molecule has 0 aromatic rings. The van der Waals surface area contributed by atoms with Gasteiger partial charge in [-0.3, -0.25) is 9.59 Å². The van der Waals surface area contributed by atoms with Crippen molar-refractivity contribution < 1.29 is 14.3 Å². The summed E-state index contributed by atoms with van der Waals surface area (Å²) in [5.74, 6) is 1.47. The Balaban J connectivity index is 1.95. The van der Waals surface area contributed by atoms with Crippen LogP contribution in [0.2, 0.25) is 0 Å². The van der Waals surface area contributed by atoms with Gasteiger partial charge in [0.25, 0.3) is 0 Å². The van der Waals surface area contributed by atoms with Crippen LogP contribution in [-0.4, -0.2) is 36.5 Å². The van der Waals surface area contributed by atoms with Crippen LogP contribution in [-0.2, 0) is 14.3 Å². The number of methoxy groups -OCH3 is 1. The Morgan fingerprint density at radius 2 is 2.20 bits per heavy atom. The first-order chi connectivity index (χ1) is 7.13. The van der Waals surface area contributed by atoms with Crippen LogP contribution in [0.15, 0.2) is 0 Å². The lowest BCUT2D eigenvalue weighted by Gasteiger charge is -2.03. The van der Waals surface area contributed by atoms with Gasteiger partial charge in [0.05, 0.1) is 12.9 Å². The summed E-state index contributed by atoms with van der Waals surface area (Å²) in [7, 11) is 1.37. The van der Waals surface area contributed by atoms with E-state index in [1.165, 1.54) is 18.9 Å². The number of esters is 1. The second kappa shape index (κ2) is 6.00. The molecule has 2 atom stereocenters. The molecule has 0 heterocycles. The number of nitrogens with one attached hydrogen (secondary N) is 1. The van der Waals surface area contributed by atoms with Gasteiger partial charge in [0.2, 0.25) is 5.91 Å². The molecule has 0 aromatic carbocycles. The van der Waals surface area contributed by atoms with E-state index < -0.39 is 0 Å². The molecule has 0 radical (unpaired) electrons. The number of thioether (sulfide) groups is 1. The molecule has 0 spiro atoms. The summed E-state index contributed by atoms with van der Waals surface area (Å²) < 4.78 is 4.49. The Bertz CT molecular complexity index is 245. The molecule has 0 saturated heterocycles. The van der Waals surface area contributed by atoms with E-state index in [0.29, 0.717) is 29.9 Å². The van der Waals surface area contributed by atoms with E-state index in [9.17, 15) is 9.59 Å². The predicted octanol–water partition coefficient (Wildman–Crippen LogP) is 0.807. The van der Waals surface area contributed by atoms with E-state index >= 15 is 0 Å². The maximum Gasteiger partial charge on any atom is 0.315 e. The summed E-state index contributed by atoms with van der Waals surface area (Å²) in [6.07, 6.45) is 1.58. The highest BCUT2D eigenvalue weighted by Gasteiger charge is 2.33. The Morgan fingerprint density at radius 3 is 2.73 bits per heavy atom. The number of carbonyl (C=O) groups is 2. The van der Waals surface area contributed by atoms with Gasteiger partial charge in [0.1, 0.15) is 0 Å². The van der Waals surface area contributed by atoms with Gasteiger partial charge in [-0.2, -0.15) is 0 Å². The Kier molecular flexibility index (Phi) is 4.94. The average Bonchev–Trinajstić information content (AvgIpc) is 2.88. The standard InChI is InChI=1S/C10H17NO3S/c1-7-5-8(7)11-9(12)3-4-15-6-10(13)14-2/h7-8H,3-6H2,1-2H3,(H,11,12)/t7-,8+/m0/s1. The van der Waals surface area contributed by atoms with E-state index in [2.05, 4.69) is 17.0 Å². The van der Waals surface area contributed by atoms with Crippen molar-refractivity contribution in [3.8, 4) is 0 Å². The molecule has 0 aromatic heterocycles. The molecule has 1 aliphatic carbocycles. The lowest BCUT2D eigenvalue weighted by Crippen LogP contribution is -2.26. The summed E-state index contributed by atoms with van der Waals surface area (Å²) in [5.41, 5.74) is 0. The van der Waals surface area contributed by atoms with Crippen molar-refractivity contribution in [2.45, 2.75) is 25.8 Å². The summed E-state index contributed by atoms with van der Waals surface area (Å²) in [6, 6.07) is 0.392. The van der Waals surface area contributed by atoms with Gasteiger partial charge < -0.3 is 10.1 Å². The van der Waals surface area contributed by atoms with Gasteiger partial charge in [0, 0.05) is 18.2 Å². The van der Waals surface area contributed by atoms with Crippen LogP contribution < -0.4 is 5.32 Å². The van der Waals surface area contributed by atoms with Gasteiger partial charge >= 0.3 is 5.97 Å². The molecule has 0 unspecified atom stereocenters. The zero-order valence-electron chi connectivity index (χ0n) is 9.12. The molecular weight excluding hydrogens is 214 g/mol. The van der Waals surface area contributed by atoms with Gasteiger partial charge in [-0.25, -0.2) is 0 Å². The van der Waals surface area contributed by atoms with Crippen molar-refractivity contribution >= 4 is 23.6 Å². The molecule has 4 nitrogen and oxygen atoms in total. The fourth-order valence-electron chi connectivity index (χ4n) is 1.18. The highest BCUT2D eigenvalue weighted by molar-refractivity contribution is 7.99. The molecular formula is C10H17NO3S. The van der Waals surface area contributed by atoms with Crippen LogP contribution in [0, 0.1) is 5.92 Å². The van der Waals surface area contributed by atoms with Gasteiger partial charge in [0.15, 0.2) is 0 Å². The monoisotopic (exact) mass is 231 g/mol. The fraction of sp³-hybridized carbons (Fsp3) is 0.800. The van der Waals surface area contributed by atoms with Crippen molar-refractivity contribution in [3.05, 3.63) is 0 Å². The van der Waals surface area contributed by atoms with Gasteiger partial charge in [-0.1, -0.05) is 6.92 Å². The van der Waals surface area contributed by atoms with Crippen molar-refractivity contribution in [1.82, 2.24) is 5.32 Å². The number of hydrogen-bond donors (Lipinski definition) is 1. The first-order valence-corrected chi connectivity index (χ1v) is 6.23. The van der Waals surface area contributed by atoms with E-state index in [1.807, 2.05) is 0 Å². The smallest absolute Gasteiger partial charge is 0.315 e. The minimum atomic E-state index is -0.240. The molecule has 1 rings (SSSR count). The summed E-state index contributed by atoms with van der Waals surface area (Å²) >= 11 is 1.43. The van der Waals surface area contributed by atoms with E-state index in [0.717, 1.165) is 6.42 Å². The van der Waals surface area contributed by atoms with Gasteiger partial charge in [-0.15, -0.1) is 11.8 Å². The van der Waals surface area contributed by atoms with Gasteiger partial charge in [-0.05, 0) is 12.3 Å². The molecule has 0 bridgehead atoms. The zero-order valence-corrected chi connectivity index (χ0v) is 9.93. The quantitative estimate of drug-likeness (QED) is 0.543. The highest BCUT2D eigenvalue weighted by atomic mass is 32.2. The largest absolute Gasteiger partial charge is 0.468 e. The Labute approximate surface area is 94.1 Å². The number of ether oxygens (including phenoxy) is 1. The minimum Gasteiger partial charge on any atom is -0.468 e. The van der Waals surface area contributed by atoms with Crippen LogP contribution in [0.1, 0.15) is 19.8 Å². The lowest BCUT2D eigenvalue weighted by atomic mass is 10.4. The average molecular weight is 231 g/mol. The van der Waals surface area contributed by atoms with Crippen molar-refractivity contribution in [2.24, 2.45) is 5.92 Å². The highest BCUT2D eigenvalue weighted by Crippen LogP contribution is 2.28. The Morgan fingerprint density at radius 1 is 1.53 bits per heavy atom. The van der Waals surface area contributed by atoms with Crippen molar-refractivity contribution in [1.29, 1.82) is 0 Å². The third-order valence-corrected chi connectivity index (χ3v) is 3.31. The van der Waals surface area contributed by atoms with Crippen LogP contribution >= 0.6 is 11.8 Å². The normalized spacial score (nSPS) is 23.3. The second-order valence-electron chi connectivity index (χ2n) is 3.77. The third-order valence-electron chi connectivity index (χ3n) is 2.38. The maximum atomic E-state index is 11.3. The summed E-state index contributed by atoms with van der Waals surface area (Å²) in [6.45, 7) is 2.12. The molecule has 1 aliphatic rings. The lowest BCUT2D eigenvalue weighted by molar-refractivity contribution is -0.137. The van der Waals surface area contributed by atoms with E-state index in [1.54, 1.807) is 0 Å². The third kappa shape index (κ3) is 5.06. The van der Waals surface area contributed by atoms with Crippen LogP contribution in [0.3, 0.4) is 0 Å². The summed E-state index contributed by atoms with van der Waals surface area (Å²) in [4.78, 5) is 22.1. The van der Waals surface area contributed by atoms with Crippen molar-refractivity contribution in [2.75, 3.05) is 18.6 Å². The van der Waals surface area contributed by atoms with Crippen molar-refractivity contribution in [3.63, 3.8) is 0 Å². The van der Waals surface area contributed by atoms with E-state index in [-0.39, 0.29) is 11.9 Å². The number of hydrogen-bond acceptors (Lipinski definition) is 4. The first-order valence-electron chi connectivity index (χ1n) is 5.07. The molecule has 1 fully saturated rings. The molecule has 1 amide bonds. The fourth-order valence-corrected chi connectivity index (χ4v) is 1.94. The molecule has 1 saturated carbocycles. The maximum absolute atomic E-state index is 11.3. The predicted molar refractivity (Wildman–Crippen MR) is 59.7 cm³/mol. The number of amides is 1. The first kappa shape index (κ1) is 12.4. The zero-order chi connectivity index (χ0) is 11.3. The van der Waals surface area contributed by atoms with Crippen LogP contribution in [0.4, 0.5) is 0 Å². The topological polar surface area (TPSA) is 55.4 Å².